The van der Waals surface area contributed by atoms with Crippen LogP contribution < -0.4 is 11.1 Å². The van der Waals surface area contributed by atoms with Crippen molar-refractivity contribution < 1.29 is 0 Å². The maximum absolute atomic E-state index is 6.10. The third-order valence-electron chi connectivity index (χ3n) is 2.52. The molecule has 6 heteroatoms. The number of hydrogen-bond acceptors (Lipinski definition) is 4. The summed E-state index contributed by atoms with van der Waals surface area (Å²) in [5, 5.41) is 7.37. The number of rotatable bonds is 4. The molecule has 2 aromatic rings. The van der Waals surface area contributed by atoms with Gasteiger partial charge < -0.3 is 11.1 Å². The molecule has 0 fully saturated rings. The second-order valence-electron chi connectivity index (χ2n) is 4.01. The van der Waals surface area contributed by atoms with E-state index in [1.807, 2.05) is 5.38 Å². The number of halogens is 2. The van der Waals surface area contributed by atoms with Crippen molar-refractivity contribution in [2.45, 2.75) is 12.8 Å². The van der Waals surface area contributed by atoms with Crippen LogP contribution in [0.25, 0.3) is 0 Å². The summed E-state index contributed by atoms with van der Waals surface area (Å²) < 4.78 is 0. The highest BCUT2D eigenvalue weighted by molar-refractivity contribution is 7.09. The highest BCUT2D eigenvalue weighted by Gasteiger charge is 2.11. The van der Waals surface area contributed by atoms with Crippen LogP contribution >= 0.6 is 34.5 Å². The lowest BCUT2D eigenvalue weighted by molar-refractivity contribution is 0.795. The third kappa shape index (κ3) is 3.07. The molecule has 96 valence electrons. The Kier molecular flexibility index (Phi) is 4.32. The maximum Gasteiger partial charge on any atom is 0.0970 e. The summed E-state index contributed by atoms with van der Waals surface area (Å²) in [5.74, 6) is 0.301. The molecule has 0 aliphatic rings. The van der Waals surface area contributed by atoms with Crippen LogP contribution in [0.2, 0.25) is 10.0 Å². The summed E-state index contributed by atoms with van der Waals surface area (Å²) in [4.78, 5) is 4.28. The van der Waals surface area contributed by atoms with Gasteiger partial charge in [-0.2, -0.15) is 0 Å². The van der Waals surface area contributed by atoms with Crippen LogP contribution in [0.4, 0.5) is 11.4 Å². The van der Waals surface area contributed by atoms with E-state index in [9.17, 15) is 0 Å². The van der Waals surface area contributed by atoms with Crippen LogP contribution in [0.3, 0.4) is 0 Å². The van der Waals surface area contributed by atoms with Gasteiger partial charge in [-0.25, -0.2) is 4.98 Å². The van der Waals surface area contributed by atoms with Gasteiger partial charge in [0.05, 0.1) is 20.7 Å². The topological polar surface area (TPSA) is 50.9 Å². The molecule has 2 rings (SSSR count). The number of aromatic nitrogens is 1. The molecule has 1 unspecified atom stereocenters. The lowest BCUT2D eigenvalue weighted by Crippen LogP contribution is -2.10. The molecule has 1 heterocycles. The van der Waals surface area contributed by atoms with Gasteiger partial charge >= 0.3 is 0 Å². The molecule has 1 aromatic heterocycles. The molecule has 3 N–H and O–H groups in total. The van der Waals surface area contributed by atoms with Crippen molar-refractivity contribution in [2.75, 3.05) is 17.6 Å². The second-order valence-corrected chi connectivity index (χ2v) is 5.75. The number of nitrogens with one attached hydrogen (secondary N) is 1. The van der Waals surface area contributed by atoms with Gasteiger partial charge in [-0.15, -0.1) is 11.3 Å². The summed E-state index contributed by atoms with van der Waals surface area (Å²) in [6, 6.07) is 3.37. The summed E-state index contributed by atoms with van der Waals surface area (Å²) in [7, 11) is 0. The van der Waals surface area contributed by atoms with Gasteiger partial charge in [-0.1, -0.05) is 30.1 Å². The summed E-state index contributed by atoms with van der Waals surface area (Å²) in [6.45, 7) is 2.82. The highest BCUT2D eigenvalue weighted by Crippen LogP contribution is 2.33. The minimum absolute atomic E-state index is 0.301. The Hall–Kier alpha value is -0.970. The number of hydrogen-bond donors (Lipinski definition) is 2. The van der Waals surface area contributed by atoms with Crippen molar-refractivity contribution in [1.82, 2.24) is 4.98 Å². The first-order chi connectivity index (χ1) is 8.58. The maximum atomic E-state index is 6.10. The lowest BCUT2D eigenvalue weighted by atomic mass is 10.2. The molecular formula is C12H13Cl2N3S. The number of nitrogens with zero attached hydrogens (tertiary/aromatic N) is 1. The van der Waals surface area contributed by atoms with E-state index < -0.39 is 0 Å². The fourth-order valence-electron chi connectivity index (χ4n) is 1.58. The number of anilines is 2. The largest absolute Gasteiger partial charge is 0.399 e. The zero-order chi connectivity index (χ0) is 13.1. The molecule has 0 saturated carbocycles. The fourth-order valence-corrected chi connectivity index (χ4v) is 2.92. The van der Waals surface area contributed by atoms with Crippen LogP contribution in [-0.2, 0) is 0 Å². The lowest BCUT2D eigenvalue weighted by Gasteiger charge is -2.14. The van der Waals surface area contributed by atoms with Crippen molar-refractivity contribution in [3.05, 3.63) is 38.8 Å². The molecule has 1 atom stereocenters. The first-order valence-corrected chi connectivity index (χ1v) is 7.09. The van der Waals surface area contributed by atoms with Gasteiger partial charge in [0.25, 0.3) is 0 Å². The van der Waals surface area contributed by atoms with Crippen molar-refractivity contribution in [2.24, 2.45) is 0 Å². The standard InChI is InChI=1S/C12H13Cl2N3S/c1-7(12-16-2-3-18-12)6-17-11-9(13)4-8(15)5-10(11)14/h2-5,7,17H,6,15H2,1H3. The van der Waals surface area contributed by atoms with Crippen LogP contribution in [-0.4, -0.2) is 11.5 Å². The summed E-state index contributed by atoms with van der Waals surface area (Å²) in [6.07, 6.45) is 1.81. The average molecular weight is 302 g/mol. The molecule has 0 spiro atoms. The fraction of sp³-hybridized carbons (Fsp3) is 0.250. The molecular weight excluding hydrogens is 289 g/mol. The molecule has 0 amide bonds. The average Bonchev–Trinajstić information content (AvgIpc) is 2.80. The van der Waals surface area contributed by atoms with Gasteiger partial charge in [0.2, 0.25) is 0 Å². The van der Waals surface area contributed by atoms with E-state index in [1.54, 1.807) is 29.7 Å². The van der Waals surface area contributed by atoms with Gasteiger partial charge in [0.15, 0.2) is 0 Å². The Labute approximate surface area is 120 Å². The van der Waals surface area contributed by atoms with Crippen LogP contribution in [0.15, 0.2) is 23.7 Å². The smallest absolute Gasteiger partial charge is 0.0970 e. The quantitative estimate of drug-likeness (QED) is 0.830. The summed E-state index contributed by atoms with van der Waals surface area (Å²) in [5.41, 5.74) is 6.93. The van der Waals surface area contributed by atoms with Crippen LogP contribution in [0.5, 0.6) is 0 Å². The minimum Gasteiger partial charge on any atom is -0.399 e. The van der Waals surface area contributed by atoms with E-state index >= 15 is 0 Å². The zero-order valence-electron chi connectivity index (χ0n) is 9.78. The van der Waals surface area contributed by atoms with E-state index in [4.69, 9.17) is 28.9 Å². The van der Waals surface area contributed by atoms with E-state index in [-0.39, 0.29) is 0 Å². The highest BCUT2D eigenvalue weighted by atomic mass is 35.5. The Morgan fingerprint density at radius 3 is 2.61 bits per heavy atom. The van der Waals surface area contributed by atoms with E-state index in [0.717, 1.165) is 17.2 Å². The monoisotopic (exact) mass is 301 g/mol. The molecule has 0 aliphatic carbocycles. The van der Waals surface area contributed by atoms with E-state index in [2.05, 4.69) is 17.2 Å². The van der Waals surface area contributed by atoms with Crippen LogP contribution in [0, 0.1) is 0 Å². The normalized spacial score (nSPS) is 12.4. The number of nitrogen functional groups attached to an aromatic ring is 1. The van der Waals surface area contributed by atoms with Crippen molar-refractivity contribution in [1.29, 1.82) is 0 Å². The predicted molar refractivity (Wildman–Crippen MR) is 79.9 cm³/mol. The zero-order valence-corrected chi connectivity index (χ0v) is 12.1. The van der Waals surface area contributed by atoms with Crippen molar-refractivity contribution in [3.63, 3.8) is 0 Å². The Morgan fingerprint density at radius 1 is 1.39 bits per heavy atom. The second kappa shape index (κ2) is 5.78. The van der Waals surface area contributed by atoms with Crippen molar-refractivity contribution in [3.8, 4) is 0 Å². The molecule has 3 nitrogen and oxygen atoms in total. The molecule has 18 heavy (non-hydrogen) atoms. The van der Waals surface area contributed by atoms with Crippen LogP contribution in [0.1, 0.15) is 17.8 Å². The minimum atomic E-state index is 0.301. The molecule has 0 bridgehead atoms. The Bertz CT molecular complexity index is 505. The Morgan fingerprint density at radius 2 is 2.06 bits per heavy atom. The van der Waals surface area contributed by atoms with Gasteiger partial charge in [-0.05, 0) is 12.1 Å². The van der Waals surface area contributed by atoms with Gasteiger partial charge in [-0.3, -0.25) is 0 Å². The molecule has 1 aromatic carbocycles. The predicted octanol–water partition coefficient (Wildman–Crippen LogP) is 4.25. The number of nitrogens with two attached hydrogens (primary N) is 1. The Balaban J connectivity index is 2.07. The van der Waals surface area contributed by atoms with Gasteiger partial charge in [0, 0.05) is 29.7 Å². The first kappa shape index (κ1) is 13.5. The first-order valence-electron chi connectivity index (χ1n) is 5.45. The molecule has 0 saturated heterocycles. The third-order valence-corrected chi connectivity index (χ3v) is 4.13. The molecule has 0 radical (unpaired) electrons. The number of benzene rings is 1. The molecule has 0 aliphatic heterocycles. The van der Waals surface area contributed by atoms with E-state index in [1.165, 1.54) is 0 Å². The van der Waals surface area contributed by atoms with E-state index in [0.29, 0.717) is 21.7 Å². The number of thiazole rings is 1. The SMILES string of the molecule is CC(CNc1c(Cl)cc(N)cc1Cl)c1nccs1. The van der Waals surface area contributed by atoms with Crippen molar-refractivity contribution >= 4 is 45.9 Å². The van der Waals surface area contributed by atoms with Gasteiger partial charge in [0.1, 0.15) is 0 Å². The summed E-state index contributed by atoms with van der Waals surface area (Å²) >= 11 is 13.8.